The molecule has 0 heterocycles. The summed E-state index contributed by atoms with van der Waals surface area (Å²) in [6.45, 7) is 1.91. The van der Waals surface area contributed by atoms with Crippen LogP contribution in [0.2, 0.25) is 0 Å². The van der Waals surface area contributed by atoms with Gasteiger partial charge in [0.05, 0.1) is 5.69 Å². The third kappa shape index (κ3) is 2.45. The van der Waals surface area contributed by atoms with Crippen LogP contribution in [0.25, 0.3) is 0 Å². The van der Waals surface area contributed by atoms with Gasteiger partial charge in [0.2, 0.25) is 0 Å². The summed E-state index contributed by atoms with van der Waals surface area (Å²) in [5.74, 6) is 0.152. The van der Waals surface area contributed by atoms with Crippen LogP contribution in [0.15, 0.2) is 58.8 Å². The number of nitrogens with zero attached hydrogens (tertiary/aromatic N) is 2. The van der Waals surface area contributed by atoms with Gasteiger partial charge in [-0.1, -0.05) is 24.3 Å². The molecule has 2 aromatic carbocycles. The fraction of sp³-hybridized carbons (Fsp3) is 0.0769. The molecule has 0 aliphatic carbocycles. The van der Waals surface area contributed by atoms with Crippen LogP contribution in [0, 0.1) is 6.92 Å². The van der Waals surface area contributed by atoms with Gasteiger partial charge in [-0.05, 0) is 36.8 Å². The molecule has 0 atom stereocenters. The standard InChI is InChI=1S/C13H12N2O/c1-10-7-8-12(13(16)9-10)15-14-11-5-3-2-4-6-11/h2-9,16H,1H3. The molecule has 0 aromatic heterocycles. The first-order valence-corrected chi connectivity index (χ1v) is 5.02. The molecule has 0 bridgehead atoms. The highest BCUT2D eigenvalue weighted by Crippen LogP contribution is 2.28. The van der Waals surface area contributed by atoms with Crippen molar-refractivity contribution >= 4 is 11.4 Å². The molecule has 80 valence electrons. The Labute approximate surface area is 94.1 Å². The van der Waals surface area contributed by atoms with Crippen molar-refractivity contribution in [3.05, 3.63) is 54.1 Å². The molecule has 0 saturated heterocycles. The molecular formula is C13H12N2O. The molecule has 16 heavy (non-hydrogen) atoms. The molecule has 0 saturated carbocycles. The molecule has 1 N–H and O–H groups in total. The molecule has 0 unspecified atom stereocenters. The zero-order valence-corrected chi connectivity index (χ0v) is 8.96. The predicted molar refractivity (Wildman–Crippen MR) is 63.5 cm³/mol. The molecule has 2 aromatic rings. The highest BCUT2D eigenvalue weighted by molar-refractivity contribution is 5.52. The monoisotopic (exact) mass is 212 g/mol. The Morgan fingerprint density at radius 2 is 1.69 bits per heavy atom. The average Bonchev–Trinajstić information content (AvgIpc) is 2.29. The first-order chi connectivity index (χ1) is 7.75. The van der Waals surface area contributed by atoms with Crippen molar-refractivity contribution in [1.82, 2.24) is 0 Å². The molecule has 2 rings (SSSR count). The molecule has 0 radical (unpaired) electrons. The smallest absolute Gasteiger partial charge is 0.143 e. The van der Waals surface area contributed by atoms with Crippen LogP contribution in [-0.4, -0.2) is 5.11 Å². The summed E-state index contributed by atoms with van der Waals surface area (Å²) in [5, 5.41) is 17.6. The lowest BCUT2D eigenvalue weighted by Crippen LogP contribution is -1.71. The van der Waals surface area contributed by atoms with E-state index in [0.717, 1.165) is 11.3 Å². The largest absolute Gasteiger partial charge is 0.506 e. The number of rotatable bonds is 2. The third-order valence-corrected chi connectivity index (χ3v) is 2.16. The van der Waals surface area contributed by atoms with Gasteiger partial charge in [-0.2, -0.15) is 5.11 Å². The quantitative estimate of drug-likeness (QED) is 0.748. The van der Waals surface area contributed by atoms with E-state index in [4.69, 9.17) is 0 Å². The van der Waals surface area contributed by atoms with E-state index in [1.807, 2.05) is 43.3 Å². The third-order valence-electron chi connectivity index (χ3n) is 2.16. The van der Waals surface area contributed by atoms with Gasteiger partial charge < -0.3 is 5.11 Å². The SMILES string of the molecule is Cc1ccc(N=Nc2ccccc2)c(O)c1. The summed E-state index contributed by atoms with van der Waals surface area (Å²) >= 11 is 0. The topological polar surface area (TPSA) is 45.0 Å². The molecule has 0 amide bonds. The minimum atomic E-state index is 0.152. The van der Waals surface area contributed by atoms with E-state index in [9.17, 15) is 5.11 Å². The normalized spacial score (nSPS) is 10.8. The predicted octanol–water partition coefficient (Wildman–Crippen LogP) is 4.12. The molecule has 3 heteroatoms. The molecule has 0 aliphatic heterocycles. The van der Waals surface area contributed by atoms with E-state index in [1.165, 1.54) is 0 Å². The number of hydrogen-bond donors (Lipinski definition) is 1. The number of phenols is 1. The van der Waals surface area contributed by atoms with Crippen molar-refractivity contribution in [1.29, 1.82) is 0 Å². The van der Waals surface area contributed by atoms with E-state index in [-0.39, 0.29) is 5.75 Å². The van der Waals surface area contributed by atoms with Crippen LogP contribution in [-0.2, 0) is 0 Å². The van der Waals surface area contributed by atoms with Gasteiger partial charge >= 0.3 is 0 Å². The van der Waals surface area contributed by atoms with Gasteiger partial charge in [0.25, 0.3) is 0 Å². The number of benzene rings is 2. The van der Waals surface area contributed by atoms with Gasteiger partial charge in [0, 0.05) is 0 Å². The summed E-state index contributed by atoms with van der Waals surface area (Å²) < 4.78 is 0. The molecule has 0 fully saturated rings. The Hall–Kier alpha value is -2.16. The maximum atomic E-state index is 9.62. The summed E-state index contributed by atoms with van der Waals surface area (Å²) in [7, 11) is 0. The second-order valence-electron chi connectivity index (χ2n) is 3.53. The van der Waals surface area contributed by atoms with Gasteiger partial charge in [0.15, 0.2) is 0 Å². The van der Waals surface area contributed by atoms with Crippen molar-refractivity contribution in [2.75, 3.05) is 0 Å². The zero-order valence-electron chi connectivity index (χ0n) is 8.96. The van der Waals surface area contributed by atoms with Gasteiger partial charge in [-0.15, -0.1) is 5.11 Å². The number of aromatic hydroxyl groups is 1. The Morgan fingerprint density at radius 1 is 0.938 bits per heavy atom. The molecule has 0 aliphatic rings. The minimum absolute atomic E-state index is 0.152. The van der Waals surface area contributed by atoms with Crippen LogP contribution in [0.3, 0.4) is 0 Å². The minimum Gasteiger partial charge on any atom is -0.506 e. The van der Waals surface area contributed by atoms with Crippen LogP contribution < -0.4 is 0 Å². The Balaban J connectivity index is 2.24. The highest BCUT2D eigenvalue weighted by Gasteiger charge is 1.98. The first kappa shape index (κ1) is 10.4. The second-order valence-corrected chi connectivity index (χ2v) is 3.53. The Morgan fingerprint density at radius 3 is 2.38 bits per heavy atom. The second kappa shape index (κ2) is 4.57. The maximum absolute atomic E-state index is 9.62. The van der Waals surface area contributed by atoms with E-state index >= 15 is 0 Å². The fourth-order valence-electron chi connectivity index (χ4n) is 1.32. The van der Waals surface area contributed by atoms with Gasteiger partial charge in [0.1, 0.15) is 11.4 Å². The summed E-state index contributed by atoms with van der Waals surface area (Å²) in [5.41, 5.74) is 2.24. The van der Waals surface area contributed by atoms with Crippen LogP contribution in [0.4, 0.5) is 11.4 Å². The zero-order chi connectivity index (χ0) is 11.4. The molecule has 0 spiro atoms. The number of phenolic OH excluding ortho intramolecular Hbond substituents is 1. The summed E-state index contributed by atoms with van der Waals surface area (Å²) in [6.07, 6.45) is 0. The van der Waals surface area contributed by atoms with E-state index < -0.39 is 0 Å². The van der Waals surface area contributed by atoms with Crippen LogP contribution >= 0.6 is 0 Å². The lowest BCUT2D eigenvalue weighted by Gasteiger charge is -1.98. The van der Waals surface area contributed by atoms with E-state index in [0.29, 0.717) is 5.69 Å². The van der Waals surface area contributed by atoms with Gasteiger partial charge in [-0.25, -0.2) is 0 Å². The summed E-state index contributed by atoms with van der Waals surface area (Å²) in [6, 6.07) is 14.7. The van der Waals surface area contributed by atoms with Crippen molar-refractivity contribution in [3.8, 4) is 5.75 Å². The van der Waals surface area contributed by atoms with Crippen LogP contribution in [0.1, 0.15) is 5.56 Å². The number of hydrogen-bond acceptors (Lipinski definition) is 3. The van der Waals surface area contributed by atoms with E-state index in [1.54, 1.807) is 12.1 Å². The van der Waals surface area contributed by atoms with E-state index in [2.05, 4.69) is 10.2 Å². The molecular weight excluding hydrogens is 200 g/mol. The Kier molecular flexibility index (Phi) is 2.96. The highest BCUT2D eigenvalue weighted by atomic mass is 16.3. The van der Waals surface area contributed by atoms with Crippen molar-refractivity contribution in [3.63, 3.8) is 0 Å². The maximum Gasteiger partial charge on any atom is 0.143 e. The Bertz CT molecular complexity index is 507. The lowest BCUT2D eigenvalue weighted by molar-refractivity contribution is 0.476. The van der Waals surface area contributed by atoms with Gasteiger partial charge in [-0.3, -0.25) is 0 Å². The fourth-order valence-corrected chi connectivity index (χ4v) is 1.32. The van der Waals surface area contributed by atoms with Crippen molar-refractivity contribution < 1.29 is 5.11 Å². The van der Waals surface area contributed by atoms with Crippen molar-refractivity contribution in [2.24, 2.45) is 10.2 Å². The average molecular weight is 212 g/mol. The number of aryl methyl sites for hydroxylation is 1. The summed E-state index contributed by atoms with van der Waals surface area (Å²) in [4.78, 5) is 0. The number of azo groups is 1. The van der Waals surface area contributed by atoms with Crippen molar-refractivity contribution in [2.45, 2.75) is 6.92 Å². The van der Waals surface area contributed by atoms with Crippen LogP contribution in [0.5, 0.6) is 5.75 Å². The molecule has 3 nitrogen and oxygen atoms in total. The first-order valence-electron chi connectivity index (χ1n) is 5.02. The lowest BCUT2D eigenvalue weighted by atomic mass is 10.2.